The van der Waals surface area contributed by atoms with Gasteiger partial charge in [0.25, 0.3) is 5.91 Å². The summed E-state index contributed by atoms with van der Waals surface area (Å²) in [5, 5.41) is 9.11. The third-order valence-electron chi connectivity index (χ3n) is 4.95. The number of halogens is 1. The minimum Gasteiger partial charge on any atom is -0.460 e. The van der Waals surface area contributed by atoms with Gasteiger partial charge in [-0.05, 0) is 61.4 Å². The molecule has 2 aromatic carbocycles. The van der Waals surface area contributed by atoms with Crippen LogP contribution in [0.15, 0.2) is 73.1 Å². The topological polar surface area (TPSA) is 69.0 Å². The van der Waals surface area contributed by atoms with Crippen LogP contribution in [-0.4, -0.2) is 26.3 Å². The van der Waals surface area contributed by atoms with Gasteiger partial charge in [-0.15, -0.1) is 5.10 Å². The summed E-state index contributed by atoms with van der Waals surface area (Å²) in [5.74, 6) is 0.194. The highest BCUT2D eigenvalue weighted by Gasteiger charge is 2.31. The summed E-state index contributed by atoms with van der Waals surface area (Å²) in [6, 6.07) is 19.2. The predicted octanol–water partition coefficient (Wildman–Crippen LogP) is 4.61. The summed E-state index contributed by atoms with van der Waals surface area (Å²) in [4.78, 5) is 16.8. The second-order valence-electron chi connectivity index (χ2n) is 7.76. The number of fused-ring (bicyclic) bond motifs is 1. The largest absolute Gasteiger partial charge is 0.460 e. The molecule has 1 N–H and O–H groups in total. The molecule has 7 heteroatoms. The first-order valence-corrected chi connectivity index (χ1v) is 10.4. The Morgan fingerprint density at radius 1 is 1.06 bits per heavy atom. The molecule has 0 bridgehead atoms. The second-order valence-corrected chi connectivity index (χ2v) is 8.20. The van der Waals surface area contributed by atoms with E-state index >= 15 is 0 Å². The molecule has 0 fully saturated rings. The van der Waals surface area contributed by atoms with Gasteiger partial charge < -0.3 is 10.1 Å². The highest BCUT2D eigenvalue weighted by molar-refractivity contribution is 6.30. The first-order chi connectivity index (χ1) is 14.9. The van der Waals surface area contributed by atoms with Gasteiger partial charge in [0.1, 0.15) is 0 Å². The number of pyridine rings is 1. The molecule has 0 radical (unpaired) electrons. The van der Waals surface area contributed by atoms with Crippen LogP contribution < -0.4 is 10.1 Å². The van der Waals surface area contributed by atoms with Crippen LogP contribution in [0.1, 0.15) is 25.0 Å². The maximum atomic E-state index is 12.8. The lowest BCUT2D eigenvalue weighted by molar-refractivity contribution is -0.134. The van der Waals surface area contributed by atoms with Crippen molar-refractivity contribution >= 4 is 28.4 Å². The summed E-state index contributed by atoms with van der Waals surface area (Å²) >= 11 is 6.13. The predicted molar refractivity (Wildman–Crippen MR) is 121 cm³/mol. The van der Waals surface area contributed by atoms with Gasteiger partial charge in [0.05, 0.1) is 17.4 Å². The Kier molecular flexibility index (Phi) is 5.91. The van der Waals surface area contributed by atoms with Crippen LogP contribution in [0.25, 0.3) is 10.9 Å². The number of hydrogen-bond acceptors (Lipinski definition) is 4. The quantitative estimate of drug-likeness (QED) is 0.461. The molecule has 0 aliphatic heterocycles. The van der Waals surface area contributed by atoms with Crippen molar-refractivity contribution < 1.29 is 9.53 Å². The number of aromatic nitrogens is 3. The lowest BCUT2D eigenvalue weighted by Crippen LogP contribution is -2.46. The van der Waals surface area contributed by atoms with E-state index in [0.717, 1.165) is 22.0 Å². The first kappa shape index (κ1) is 20.9. The number of benzene rings is 2. The number of hydrogen-bond donors (Lipinski definition) is 1. The molecule has 2 aromatic heterocycles. The number of carbonyl (C=O) groups excluding carboxylic acids is 1. The van der Waals surface area contributed by atoms with E-state index in [1.165, 1.54) is 0 Å². The molecule has 6 nitrogen and oxygen atoms in total. The van der Waals surface area contributed by atoms with Crippen LogP contribution in [0.2, 0.25) is 5.02 Å². The first-order valence-electron chi connectivity index (χ1n) is 9.98. The highest BCUT2D eigenvalue weighted by Crippen LogP contribution is 2.29. The van der Waals surface area contributed by atoms with E-state index in [1.807, 2.05) is 65.3 Å². The Bertz CT molecular complexity index is 1200. The molecule has 1 amide bonds. The molecule has 158 valence electrons. The molecule has 0 aliphatic rings. The highest BCUT2D eigenvalue weighted by atomic mass is 35.5. The number of para-hydroxylation sites is 1. The molecule has 0 unspecified atom stereocenters. The molecule has 4 aromatic rings. The van der Waals surface area contributed by atoms with Crippen LogP contribution in [0.3, 0.4) is 0 Å². The monoisotopic (exact) mass is 434 g/mol. The van der Waals surface area contributed by atoms with Gasteiger partial charge in [-0.3, -0.25) is 14.5 Å². The fourth-order valence-corrected chi connectivity index (χ4v) is 3.50. The van der Waals surface area contributed by atoms with Crippen molar-refractivity contribution in [1.82, 2.24) is 20.1 Å². The van der Waals surface area contributed by atoms with Crippen molar-refractivity contribution in [1.29, 1.82) is 0 Å². The zero-order chi connectivity index (χ0) is 21.8. The van der Waals surface area contributed by atoms with E-state index in [9.17, 15) is 4.79 Å². The van der Waals surface area contributed by atoms with E-state index in [2.05, 4.69) is 15.4 Å². The normalized spacial score (nSPS) is 11.5. The lowest BCUT2D eigenvalue weighted by atomic mass is 10.1. The van der Waals surface area contributed by atoms with Crippen molar-refractivity contribution in [2.24, 2.45) is 0 Å². The van der Waals surface area contributed by atoms with E-state index in [-0.39, 0.29) is 5.91 Å². The van der Waals surface area contributed by atoms with E-state index in [4.69, 9.17) is 16.3 Å². The van der Waals surface area contributed by atoms with E-state index < -0.39 is 5.60 Å². The fraction of sp³-hybridized carbons (Fsp3) is 0.208. The molecule has 0 aliphatic carbocycles. The van der Waals surface area contributed by atoms with E-state index in [0.29, 0.717) is 24.0 Å². The summed E-state index contributed by atoms with van der Waals surface area (Å²) in [6.07, 6.45) is 3.39. The Morgan fingerprint density at radius 3 is 2.61 bits per heavy atom. The van der Waals surface area contributed by atoms with Crippen molar-refractivity contribution in [2.45, 2.75) is 32.5 Å². The van der Waals surface area contributed by atoms with Crippen LogP contribution in [-0.2, 0) is 17.9 Å². The maximum absolute atomic E-state index is 12.8. The lowest BCUT2D eigenvalue weighted by Gasteiger charge is -2.24. The minimum absolute atomic E-state index is 0.224. The SMILES string of the molecule is CC(C)(Oc1nn(Cc2cccc(Cl)c2)c2ccccc12)C(=O)NCc1ccncc1. The van der Waals surface area contributed by atoms with Gasteiger partial charge in [-0.2, -0.15) is 0 Å². The standard InChI is InChI=1S/C24H23ClN4O2/c1-24(2,23(30)27-15-17-10-12-26-13-11-17)31-22-20-8-3-4-9-21(20)29(28-22)16-18-6-5-7-19(25)14-18/h3-14H,15-16H2,1-2H3,(H,27,30). The number of carbonyl (C=O) groups is 1. The van der Waals surface area contributed by atoms with Gasteiger partial charge in [0, 0.05) is 24.0 Å². The molecule has 0 saturated heterocycles. The number of rotatable bonds is 7. The smallest absolute Gasteiger partial charge is 0.263 e. The zero-order valence-corrected chi connectivity index (χ0v) is 18.1. The van der Waals surface area contributed by atoms with Crippen molar-refractivity contribution in [3.8, 4) is 5.88 Å². The van der Waals surface area contributed by atoms with Gasteiger partial charge in [-0.25, -0.2) is 0 Å². The molecule has 0 atom stereocenters. The third-order valence-corrected chi connectivity index (χ3v) is 5.18. The summed E-state index contributed by atoms with van der Waals surface area (Å²) in [5.41, 5.74) is 1.81. The fourth-order valence-electron chi connectivity index (χ4n) is 3.28. The maximum Gasteiger partial charge on any atom is 0.263 e. The third kappa shape index (κ3) is 4.86. The zero-order valence-electron chi connectivity index (χ0n) is 17.4. The van der Waals surface area contributed by atoms with E-state index in [1.54, 1.807) is 26.2 Å². The van der Waals surface area contributed by atoms with Crippen molar-refractivity contribution in [3.63, 3.8) is 0 Å². The molecular formula is C24H23ClN4O2. The Labute approximate surface area is 185 Å². The van der Waals surface area contributed by atoms with Crippen molar-refractivity contribution in [2.75, 3.05) is 0 Å². The molecule has 4 rings (SSSR count). The van der Waals surface area contributed by atoms with Crippen LogP contribution in [0.5, 0.6) is 5.88 Å². The Hall–Kier alpha value is -3.38. The van der Waals surface area contributed by atoms with Gasteiger partial charge in [0.15, 0.2) is 5.60 Å². The van der Waals surface area contributed by atoms with Gasteiger partial charge in [0.2, 0.25) is 5.88 Å². The summed E-state index contributed by atoms with van der Waals surface area (Å²) < 4.78 is 7.99. The Balaban J connectivity index is 1.55. The van der Waals surface area contributed by atoms with Crippen LogP contribution in [0.4, 0.5) is 0 Å². The van der Waals surface area contributed by atoms with Crippen molar-refractivity contribution in [3.05, 3.63) is 89.2 Å². The number of nitrogens with one attached hydrogen (secondary N) is 1. The van der Waals surface area contributed by atoms with Gasteiger partial charge >= 0.3 is 0 Å². The van der Waals surface area contributed by atoms with Crippen LogP contribution >= 0.6 is 11.6 Å². The molecule has 0 spiro atoms. The second kappa shape index (κ2) is 8.78. The average molecular weight is 435 g/mol. The number of ether oxygens (including phenoxy) is 1. The number of amides is 1. The molecule has 0 saturated carbocycles. The summed E-state index contributed by atoms with van der Waals surface area (Å²) in [6.45, 7) is 4.41. The number of nitrogens with zero attached hydrogens (tertiary/aromatic N) is 3. The van der Waals surface area contributed by atoms with Gasteiger partial charge in [-0.1, -0.05) is 35.9 Å². The molecule has 31 heavy (non-hydrogen) atoms. The molecular weight excluding hydrogens is 412 g/mol. The molecule has 2 heterocycles. The minimum atomic E-state index is -1.11. The summed E-state index contributed by atoms with van der Waals surface area (Å²) in [7, 11) is 0. The average Bonchev–Trinajstić information content (AvgIpc) is 3.09. The Morgan fingerprint density at radius 2 is 1.84 bits per heavy atom. The van der Waals surface area contributed by atoms with Crippen LogP contribution in [0, 0.1) is 0 Å².